The molecule has 0 radical (unpaired) electrons. The number of thiophene rings is 1. The number of aryl methyl sites for hydroxylation is 1. The molecule has 0 fully saturated rings. The van der Waals surface area contributed by atoms with Crippen molar-refractivity contribution in [2.75, 3.05) is 0 Å². The molecule has 0 bridgehead atoms. The van der Waals surface area contributed by atoms with Gasteiger partial charge in [0.1, 0.15) is 9.71 Å². The highest BCUT2D eigenvalue weighted by Crippen LogP contribution is 2.34. The Morgan fingerprint density at radius 1 is 1.53 bits per heavy atom. The topological polar surface area (TPSA) is 59.3 Å². The molecule has 0 saturated carbocycles. The van der Waals surface area contributed by atoms with E-state index in [1.807, 2.05) is 0 Å². The molecular formula is C9H6BrNO3S. The summed E-state index contributed by atoms with van der Waals surface area (Å²) in [6.45, 7) is 0. The van der Waals surface area contributed by atoms with Crippen LogP contribution in [0.25, 0.3) is 10.2 Å². The first-order valence-corrected chi connectivity index (χ1v) is 5.64. The van der Waals surface area contributed by atoms with E-state index >= 15 is 0 Å². The van der Waals surface area contributed by atoms with Crippen molar-refractivity contribution in [1.29, 1.82) is 0 Å². The second-order valence-corrected chi connectivity index (χ2v) is 4.79. The fraction of sp³-hybridized carbons (Fsp3) is 0.111. The normalized spacial score (nSPS) is 10.8. The number of carboxylic acid groups (broad SMARTS) is 1. The molecule has 0 spiro atoms. The first-order valence-electron chi connectivity index (χ1n) is 4.03. The lowest BCUT2D eigenvalue weighted by atomic mass is 10.3. The van der Waals surface area contributed by atoms with Crippen molar-refractivity contribution in [2.45, 2.75) is 0 Å². The van der Waals surface area contributed by atoms with Crippen molar-refractivity contribution < 1.29 is 9.90 Å². The molecule has 0 saturated heterocycles. The smallest absolute Gasteiger partial charge is 0.347 e. The summed E-state index contributed by atoms with van der Waals surface area (Å²) in [7, 11) is 1.62. The molecule has 2 heterocycles. The maximum absolute atomic E-state index is 11.3. The lowest BCUT2D eigenvalue weighted by molar-refractivity contribution is 0.0701. The Hall–Kier alpha value is -1.14. The van der Waals surface area contributed by atoms with Crippen molar-refractivity contribution in [3.8, 4) is 0 Å². The largest absolute Gasteiger partial charge is 0.477 e. The first kappa shape index (κ1) is 10.4. The summed E-state index contributed by atoms with van der Waals surface area (Å²) in [5.74, 6) is -0.990. The van der Waals surface area contributed by atoms with Gasteiger partial charge < -0.3 is 9.67 Å². The third kappa shape index (κ3) is 1.49. The van der Waals surface area contributed by atoms with Crippen LogP contribution in [0.1, 0.15) is 9.67 Å². The zero-order chi connectivity index (χ0) is 11.2. The van der Waals surface area contributed by atoms with Crippen LogP contribution in [0.15, 0.2) is 21.4 Å². The fourth-order valence-corrected chi connectivity index (χ4v) is 3.16. The molecule has 6 heteroatoms. The molecule has 4 nitrogen and oxygen atoms in total. The van der Waals surface area contributed by atoms with E-state index in [1.54, 1.807) is 13.1 Å². The average Bonchev–Trinajstić information content (AvgIpc) is 2.51. The Kier molecular flexibility index (Phi) is 2.40. The van der Waals surface area contributed by atoms with Crippen LogP contribution in [0.4, 0.5) is 0 Å². The molecule has 0 unspecified atom stereocenters. The Labute approximate surface area is 96.9 Å². The Balaban J connectivity index is 2.94. The van der Waals surface area contributed by atoms with Gasteiger partial charge in [-0.3, -0.25) is 4.79 Å². The second-order valence-electron chi connectivity index (χ2n) is 3.00. The van der Waals surface area contributed by atoms with Gasteiger partial charge in [-0.1, -0.05) is 0 Å². The molecule has 2 rings (SSSR count). The molecule has 0 atom stereocenters. The number of aromatic nitrogens is 1. The standard InChI is InChI=1S/C9H6BrNO3S/c1-11-5(12)3-2-4-6(10)7(9(13)14)15-8(4)11/h2-3H,1H3,(H,13,14). The maximum atomic E-state index is 11.3. The van der Waals surface area contributed by atoms with E-state index in [1.165, 1.54) is 10.6 Å². The minimum atomic E-state index is -0.990. The van der Waals surface area contributed by atoms with Crippen LogP contribution in [0.3, 0.4) is 0 Å². The van der Waals surface area contributed by atoms with E-state index in [9.17, 15) is 9.59 Å². The predicted octanol–water partition coefficient (Wildman–Crippen LogP) is 2.06. The van der Waals surface area contributed by atoms with E-state index in [-0.39, 0.29) is 10.4 Å². The molecule has 0 aliphatic carbocycles. The summed E-state index contributed by atoms with van der Waals surface area (Å²) in [6, 6.07) is 3.05. The van der Waals surface area contributed by atoms with Gasteiger partial charge in [-0.15, -0.1) is 11.3 Å². The van der Waals surface area contributed by atoms with Crippen LogP contribution < -0.4 is 5.56 Å². The Morgan fingerprint density at radius 2 is 2.20 bits per heavy atom. The summed E-state index contributed by atoms with van der Waals surface area (Å²) in [5.41, 5.74) is -0.145. The Morgan fingerprint density at radius 3 is 2.80 bits per heavy atom. The van der Waals surface area contributed by atoms with E-state index in [0.717, 1.165) is 16.7 Å². The van der Waals surface area contributed by atoms with Crippen molar-refractivity contribution in [3.63, 3.8) is 0 Å². The van der Waals surface area contributed by atoms with E-state index in [4.69, 9.17) is 5.11 Å². The third-order valence-corrected chi connectivity index (χ3v) is 4.44. The van der Waals surface area contributed by atoms with Crippen molar-refractivity contribution in [3.05, 3.63) is 31.8 Å². The van der Waals surface area contributed by atoms with E-state index < -0.39 is 5.97 Å². The van der Waals surface area contributed by atoms with Gasteiger partial charge in [-0.05, 0) is 22.0 Å². The van der Waals surface area contributed by atoms with Crippen LogP contribution in [0.5, 0.6) is 0 Å². The summed E-state index contributed by atoms with van der Waals surface area (Å²) in [6.07, 6.45) is 0. The first-order chi connectivity index (χ1) is 7.02. The van der Waals surface area contributed by atoms with Gasteiger partial charge in [0.2, 0.25) is 0 Å². The van der Waals surface area contributed by atoms with Gasteiger partial charge in [0, 0.05) is 18.5 Å². The number of hydrogen-bond donors (Lipinski definition) is 1. The van der Waals surface area contributed by atoms with Crippen molar-refractivity contribution >= 4 is 43.5 Å². The summed E-state index contributed by atoms with van der Waals surface area (Å²) in [5, 5.41) is 9.67. The van der Waals surface area contributed by atoms with E-state index in [2.05, 4.69) is 15.9 Å². The number of carbonyl (C=O) groups is 1. The molecule has 0 amide bonds. The van der Waals surface area contributed by atoms with Gasteiger partial charge >= 0.3 is 5.97 Å². The van der Waals surface area contributed by atoms with Crippen LogP contribution in [-0.2, 0) is 7.05 Å². The molecule has 2 aromatic rings. The summed E-state index contributed by atoms with van der Waals surface area (Å²) < 4.78 is 1.97. The summed E-state index contributed by atoms with van der Waals surface area (Å²) >= 11 is 4.31. The van der Waals surface area contributed by atoms with Crippen LogP contribution >= 0.6 is 27.3 Å². The average molecular weight is 288 g/mol. The van der Waals surface area contributed by atoms with Gasteiger partial charge in [0.25, 0.3) is 5.56 Å². The number of aromatic carboxylic acids is 1. The van der Waals surface area contributed by atoms with Crippen LogP contribution in [0.2, 0.25) is 0 Å². The number of nitrogens with zero attached hydrogens (tertiary/aromatic N) is 1. The van der Waals surface area contributed by atoms with E-state index in [0.29, 0.717) is 9.30 Å². The molecule has 15 heavy (non-hydrogen) atoms. The fourth-order valence-electron chi connectivity index (χ4n) is 1.31. The molecule has 0 aliphatic rings. The third-order valence-electron chi connectivity index (χ3n) is 2.09. The molecular weight excluding hydrogens is 282 g/mol. The lowest BCUT2D eigenvalue weighted by Gasteiger charge is -1.96. The monoisotopic (exact) mass is 287 g/mol. The number of halogens is 1. The molecule has 1 N–H and O–H groups in total. The Bertz CT molecular complexity index is 614. The minimum Gasteiger partial charge on any atom is -0.477 e. The highest BCUT2D eigenvalue weighted by molar-refractivity contribution is 9.10. The number of hydrogen-bond acceptors (Lipinski definition) is 3. The van der Waals surface area contributed by atoms with Crippen molar-refractivity contribution in [1.82, 2.24) is 4.57 Å². The molecule has 78 valence electrons. The number of fused-ring (bicyclic) bond motifs is 1. The highest BCUT2D eigenvalue weighted by atomic mass is 79.9. The number of rotatable bonds is 1. The lowest BCUT2D eigenvalue weighted by Crippen LogP contribution is -2.13. The second kappa shape index (κ2) is 3.46. The molecule has 0 aliphatic heterocycles. The molecule has 2 aromatic heterocycles. The van der Waals surface area contributed by atoms with Crippen molar-refractivity contribution in [2.24, 2.45) is 7.05 Å². The minimum absolute atomic E-state index is 0.145. The predicted molar refractivity (Wildman–Crippen MR) is 61.7 cm³/mol. The number of pyridine rings is 1. The zero-order valence-corrected chi connectivity index (χ0v) is 10.1. The van der Waals surface area contributed by atoms with Gasteiger partial charge in [-0.2, -0.15) is 0 Å². The maximum Gasteiger partial charge on any atom is 0.347 e. The SMILES string of the molecule is Cn1c(=O)ccc2c(Br)c(C(=O)O)sc21. The van der Waals surface area contributed by atoms with Gasteiger partial charge in [-0.25, -0.2) is 4.79 Å². The van der Waals surface area contributed by atoms with Gasteiger partial charge in [0.15, 0.2) is 0 Å². The number of carboxylic acids is 1. The zero-order valence-electron chi connectivity index (χ0n) is 7.65. The van der Waals surface area contributed by atoms with Crippen LogP contribution in [-0.4, -0.2) is 15.6 Å². The quantitative estimate of drug-likeness (QED) is 0.873. The van der Waals surface area contributed by atoms with Crippen LogP contribution in [0, 0.1) is 0 Å². The highest BCUT2D eigenvalue weighted by Gasteiger charge is 2.17. The molecule has 0 aromatic carbocycles. The van der Waals surface area contributed by atoms with Gasteiger partial charge in [0.05, 0.1) is 4.47 Å². The summed E-state index contributed by atoms with van der Waals surface area (Å²) in [4.78, 5) is 23.1.